The SMILES string of the molecule is C[C@]12CC[C@H](OCCN)C[C@@H]1CC[C@@H]1[C@@H]2CC[C@]2(C)[C@@H](/C=N/NC3=NCCN3)CC[C@]12O. The van der Waals surface area contributed by atoms with Gasteiger partial charge in [-0.15, -0.1) is 0 Å². The van der Waals surface area contributed by atoms with E-state index in [1.54, 1.807) is 0 Å². The molecule has 7 heteroatoms. The molecule has 5 rings (SSSR count). The largest absolute Gasteiger partial charge is 0.389 e. The summed E-state index contributed by atoms with van der Waals surface area (Å²) in [6.45, 7) is 7.85. The zero-order valence-corrected chi connectivity index (χ0v) is 20.0. The molecule has 1 heterocycles. The normalized spacial score (nSPS) is 48.0. The maximum absolute atomic E-state index is 12.3. The average Bonchev–Trinajstić information content (AvgIpc) is 3.39. The van der Waals surface area contributed by atoms with E-state index in [1.165, 1.54) is 25.7 Å². The number of nitrogens with two attached hydrogens (primary N) is 1. The number of hydrogen-bond acceptors (Lipinski definition) is 7. The van der Waals surface area contributed by atoms with Crippen LogP contribution >= 0.6 is 0 Å². The van der Waals surface area contributed by atoms with E-state index < -0.39 is 5.60 Å². The van der Waals surface area contributed by atoms with Gasteiger partial charge in [0.05, 0.1) is 24.9 Å². The summed E-state index contributed by atoms with van der Waals surface area (Å²) in [6, 6.07) is 0. The Hall–Kier alpha value is -1.18. The van der Waals surface area contributed by atoms with Crippen LogP contribution in [0, 0.1) is 34.5 Å². The second kappa shape index (κ2) is 8.55. The van der Waals surface area contributed by atoms with Crippen molar-refractivity contribution < 1.29 is 9.84 Å². The number of aliphatic imine (C=N–C) groups is 1. The van der Waals surface area contributed by atoms with Gasteiger partial charge in [0, 0.05) is 30.6 Å². The smallest absolute Gasteiger partial charge is 0.212 e. The predicted molar refractivity (Wildman–Crippen MR) is 127 cm³/mol. The highest BCUT2D eigenvalue weighted by atomic mass is 16.5. The molecule has 0 bridgehead atoms. The number of ether oxygens (including phenoxy) is 1. The summed E-state index contributed by atoms with van der Waals surface area (Å²) in [5, 5.41) is 20.0. The van der Waals surface area contributed by atoms with Crippen molar-refractivity contribution in [3.63, 3.8) is 0 Å². The number of nitrogens with zero attached hydrogens (tertiary/aromatic N) is 2. The van der Waals surface area contributed by atoms with Crippen molar-refractivity contribution in [3.05, 3.63) is 0 Å². The van der Waals surface area contributed by atoms with Crippen LogP contribution in [0.1, 0.15) is 71.6 Å². The van der Waals surface area contributed by atoms with Crippen LogP contribution in [0.5, 0.6) is 0 Å². The van der Waals surface area contributed by atoms with Gasteiger partial charge < -0.3 is 20.9 Å². The average molecular weight is 446 g/mol. The lowest BCUT2D eigenvalue weighted by Gasteiger charge is -2.63. The molecule has 4 saturated carbocycles. The number of aliphatic hydroxyl groups is 1. The molecule has 0 aromatic rings. The predicted octanol–water partition coefficient (Wildman–Crippen LogP) is 2.64. The van der Waals surface area contributed by atoms with E-state index in [0.717, 1.165) is 57.1 Å². The Balaban J connectivity index is 1.30. The first-order valence-corrected chi connectivity index (χ1v) is 13.0. The highest BCUT2D eigenvalue weighted by Crippen LogP contribution is 2.68. The summed E-state index contributed by atoms with van der Waals surface area (Å²) < 4.78 is 6.05. The van der Waals surface area contributed by atoms with E-state index in [-0.39, 0.29) is 5.41 Å². The minimum atomic E-state index is -0.573. The third-order valence-corrected chi connectivity index (χ3v) is 10.4. The Labute approximate surface area is 193 Å². The van der Waals surface area contributed by atoms with Crippen molar-refractivity contribution in [2.24, 2.45) is 50.3 Å². The molecule has 4 aliphatic carbocycles. The monoisotopic (exact) mass is 445 g/mol. The van der Waals surface area contributed by atoms with Crippen molar-refractivity contribution in [2.75, 3.05) is 26.2 Å². The topological polar surface area (TPSA) is 104 Å². The molecule has 4 fully saturated rings. The molecule has 0 aromatic carbocycles. The molecule has 32 heavy (non-hydrogen) atoms. The molecule has 180 valence electrons. The van der Waals surface area contributed by atoms with E-state index >= 15 is 0 Å². The van der Waals surface area contributed by atoms with Crippen molar-refractivity contribution in [3.8, 4) is 0 Å². The molecule has 0 amide bonds. The first-order valence-electron chi connectivity index (χ1n) is 13.0. The second-order valence-corrected chi connectivity index (χ2v) is 11.6. The van der Waals surface area contributed by atoms with Crippen LogP contribution in [0.3, 0.4) is 0 Å². The molecule has 0 radical (unpaired) electrons. The Morgan fingerprint density at radius 2 is 2.06 bits per heavy atom. The second-order valence-electron chi connectivity index (χ2n) is 11.6. The fourth-order valence-corrected chi connectivity index (χ4v) is 8.51. The lowest BCUT2D eigenvalue weighted by molar-refractivity contribution is -0.207. The van der Waals surface area contributed by atoms with Crippen molar-refractivity contribution >= 4 is 12.2 Å². The number of fused-ring (bicyclic) bond motifs is 5. The lowest BCUT2D eigenvalue weighted by atomic mass is 9.43. The third kappa shape index (κ3) is 3.50. The van der Waals surface area contributed by atoms with Crippen molar-refractivity contribution in [1.29, 1.82) is 0 Å². The van der Waals surface area contributed by atoms with Gasteiger partial charge >= 0.3 is 0 Å². The Morgan fingerprint density at radius 3 is 2.84 bits per heavy atom. The Bertz CT molecular complexity index is 759. The van der Waals surface area contributed by atoms with Gasteiger partial charge in [-0.3, -0.25) is 0 Å². The van der Waals surface area contributed by atoms with Gasteiger partial charge in [-0.1, -0.05) is 13.8 Å². The molecule has 5 aliphatic rings. The molecular formula is C25H43N5O2. The van der Waals surface area contributed by atoms with Gasteiger partial charge in [0.1, 0.15) is 0 Å². The van der Waals surface area contributed by atoms with Crippen molar-refractivity contribution in [1.82, 2.24) is 10.7 Å². The van der Waals surface area contributed by atoms with Gasteiger partial charge in [-0.25, -0.2) is 10.4 Å². The van der Waals surface area contributed by atoms with Gasteiger partial charge in [0.25, 0.3) is 0 Å². The zero-order valence-electron chi connectivity index (χ0n) is 20.0. The van der Waals surface area contributed by atoms with Gasteiger partial charge in [0.15, 0.2) is 0 Å². The maximum atomic E-state index is 12.3. The van der Waals surface area contributed by atoms with Gasteiger partial charge in [-0.05, 0) is 81.0 Å². The minimum absolute atomic E-state index is 0.0884. The molecule has 0 saturated heterocycles. The Morgan fingerprint density at radius 1 is 1.19 bits per heavy atom. The van der Waals surface area contributed by atoms with Crippen LogP contribution in [-0.2, 0) is 4.74 Å². The molecule has 7 nitrogen and oxygen atoms in total. The summed E-state index contributed by atoms with van der Waals surface area (Å²) in [4.78, 5) is 4.35. The van der Waals surface area contributed by atoms with Crippen LogP contribution in [0.2, 0.25) is 0 Å². The molecule has 0 spiro atoms. The van der Waals surface area contributed by atoms with Crippen LogP contribution in [0.15, 0.2) is 10.1 Å². The molecule has 0 unspecified atom stereocenters. The fourth-order valence-electron chi connectivity index (χ4n) is 8.51. The molecule has 5 N–H and O–H groups in total. The summed E-state index contributed by atoms with van der Waals surface area (Å²) in [6.07, 6.45) is 12.6. The highest BCUT2D eigenvalue weighted by Gasteiger charge is 2.66. The number of nitrogens with one attached hydrogen (secondary N) is 2. The van der Waals surface area contributed by atoms with Gasteiger partial charge in [0.2, 0.25) is 5.96 Å². The number of hydrogen-bond donors (Lipinski definition) is 4. The third-order valence-electron chi connectivity index (χ3n) is 10.4. The summed E-state index contributed by atoms with van der Waals surface area (Å²) in [5.41, 5.74) is 8.40. The number of guanidine groups is 1. The first kappa shape index (κ1) is 22.6. The first-order chi connectivity index (χ1) is 15.4. The van der Waals surface area contributed by atoms with E-state index in [1.807, 2.05) is 0 Å². The van der Waals surface area contributed by atoms with Gasteiger partial charge in [-0.2, -0.15) is 5.10 Å². The summed E-state index contributed by atoms with van der Waals surface area (Å²) >= 11 is 0. The number of hydrazone groups is 1. The summed E-state index contributed by atoms with van der Waals surface area (Å²) in [7, 11) is 0. The standard InChI is InChI=1S/C25H43N5O2/c1-23-8-6-19(32-14-11-26)15-17(23)3-4-21-20(23)7-9-24(2)18(5-10-25(21,24)31)16-29-30-22-27-12-13-28-22/h16-21,31H,3-15,26H2,1-2H3,(H2,27,28,30)/b29-16+/t17-,18+,19-,20-,21+,23-,24+,25-/m0/s1. The van der Waals surface area contributed by atoms with Crippen molar-refractivity contribution in [2.45, 2.75) is 83.3 Å². The van der Waals surface area contributed by atoms with Crippen LogP contribution < -0.4 is 16.5 Å². The van der Waals surface area contributed by atoms with Crippen LogP contribution in [-0.4, -0.2) is 55.2 Å². The fraction of sp³-hybridized carbons (Fsp3) is 0.920. The Kier molecular flexibility index (Phi) is 6.04. The molecular weight excluding hydrogens is 402 g/mol. The quantitative estimate of drug-likeness (QED) is 0.385. The molecule has 1 aliphatic heterocycles. The molecule has 8 atom stereocenters. The summed E-state index contributed by atoms with van der Waals surface area (Å²) in [5.74, 6) is 2.84. The van der Waals surface area contributed by atoms with E-state index in [9.17, 15) is 5.11 Å². The lowest BCUT2D eigenvalue weighted by Crippen LogP contribution is -2.62. The zero-order chi connectivity index (χ0) is 22.4. The highest BCUT2D eigenvalue weighted by molar-refractivity contribution is 5.81. The van der Waals surface area contributed by atoms with Crippen LogP contribution in [0.4, 0.5) is 0 Å². The minimum Gasteiger partial charge on any atom is -0.389 e. The molecule has 0 aromatic heterocycles. The van der Waals surface area contributed by atoms with E-state index in [2.05, 4.69) is 40.9 Å². The maximum Gasteiger partial charge on any atom is 0.212 e. The van der Waals surface area contributed by atoms with E-state index in [0.29, 0.717) is 42.4 Å². The number of rotatable bonds is 5. The van der Waals surface area contributed by atoms with E-state index in [4.69, 9.17) is 10.5 Å². The van der Waals surface area contributed by atoms with Crippen LogP contribution in [0.25, 0.3) is 0 Å².